The second kappa shape index (κ2) is 11.9. The number of halogens is 4. The summed E-state index contributed by atoms with van der Waals surface area (Å²) in [6.07, 6.45) is -3.75. The van der Waals surface area contributed by atoms with Gasteiger partial charge in [-0.05, 0) is 48.7 Å². The first-order valence-corrected chi connectivity index (χ1v) is 13.4. The Bertz CT molecular complexity index is 1220. The largest absolute Gasteiger partial charge is 0.497 e. The van der Waals surface area contributed by atoms with Crippen LogP contribution in [-0.2, 0) is 4.79 Å². The highest BCUT2D eigenvalue weighted by molar-refractivity contribution is 5.95. The molecule has 0 spiro atoms. The molecule has 2 aliphatic heterocycles. The standard InChI is InChI=1S/C29H35F4N3O4/c1-17(2)13-19-16-35(25-14-22(39-4)9-10-23(25)30)12-11-26(19)40-21-7-5-20(6-8-21)36-24(15-27(37)38)18(3)28(34-36)29(31,32)33/h5-10,14,17-19,24,26H,11-13,15-16H2,1-4H3,(H,37,38). The summed E-state index contributed by atoms with van der Waals surface area (Å²) in [5.41, 5.74) is -0.146. The van der Waals surface area contributed by atoms with E-state index in [0.717, 1.165) is 11.4 Å². The van der Waals surface area contributed by atoms with E-state index in [1.807, 2.05) is 4.90 Å². The number of carbonyl (C=O) groups is 1. The minimum absolute atomic E-state index is 0.109. The molecule has 1 saturated heterocycles. The molecule has 0 aliphatic carbocycles. The van der Waals surface area contributed by atoms with Gasteiger partial charge in [-0.3, -0.25) is 9.80 Å². The maximum Gasteiger partial charge on any atom is 0.431 e. The fraction of sp³-hybridized carbons (Fsp3) is 0.517. The van der Waals surface area contributed by atoms with Crippen LogP contribution < -0.4 is 19.4 Å². The SMILES string of the molecule is COc1ccc(F)c(N2CCC(Oc3ccc(N4N=C(C(F)(F)F)C(C)C4CC(=O)O)cc3)C(CC(C)C)C2)c1. The number of alkyl halides is 3. The minimum atomic E-state index is -4.65. The predicted molar refractivity (Wildman–Crippen MR) is 145 cm³/mol. The number of ether oxygens (including phenoxy) is 2. The molecule has 0 bridgehead atoms. The molecule has 11 heteroatoms. The number of piperidine rings is 1. The number of anilines is 2. The molecule has 1 N–H and O–H groups in total. The zero-order chi connectivity index (χ0) is 29.2. The van der Waals surface area contributed by atoms with Crippen molar-refractivity contribution in [2.24, 2.45) is 22.9 Å². The van der Waals surface area contributed by atoms with Crippen LogP contribution in [0.15, 0.2) is 47.6 Å². The van der Waals surface area contributed by atoms with Crippen LogP contribution in [-0.4, -0.2) is 55.3 Å². The molecule has 0 saturated carbocycles. The highest BCUT2D eigenvalue weighted by atomic mass is 19.4. The molecule has 7 nitrogen and oxygen atoms in total. The number of carboxylic acid groups (broad SMARTS) is 1. The summed E-state index contributed by atoms with van der Waals surface area (Å²) >= 11 is 0. The Morgan fingerprint density at radius 2 is 1.82 bits per heavy atom. The molecule has 4 unspecified atom stereocenters. The average molecular weight is 566 g/mol. The zero-order valence-electron chi connectivity index (χ0n) is 23.0. The van der Waals surface area contributed by atoms with Crippen LogP contribution in [0.5, 0.6) is 11.5 Å². The van der Waals surface area contributed by atoms with Crippen LogP contribution in [0.25, 0.3) is 0 Å². The third kappa shape index (κ3) is 6.62. The van der Waals surface area contributed by atoms with Gasteiger partial charge >= 0.3 is 12.1 Å². The summed E-state index contributed by atoms with van der Waals surface area (Å²) in [6, 6.07) is 10.3. The van der Waals surface area contributed by atoms with Gasteiger partial charge in [0.2, 0.25) is 0 Å². The second-order valence-corrected chi connectivity index (χ2v) is 10.9. The van der Waals surface area contributed by atoms with Gasteiger partial charge in [-0.1, -0.05) is 20.8 Å². The number of aliphatic carboxylic acids is 1. The van der Waals surface area contributed by atoms with E-state index in [-0.39, 0.29) is 17.8 Å². The lowest BCUT2D eigenvalue weighted by Gasteiger charge is -2.40. The maximum absolute atomic E-state index is 14.7. The Balaban J connectivity index is 1.51. The molecule has 40 heavy (non-hydrogen) atoms. The monoisotopic (exact) mass is 565 g/mol. The van der Waals surface area contributed by atoms with Crippen LogP contribution in [0.4, 0.5) is 28.9 Å². The third-order valence-corrected chi connectivity index (χ3v) is 7.53. The van der Waals surface area contributed by atoms with Crippen molar-refractivity contribution in [2.45, 2.75) is 58.4 Å². The molecule has 2 aromatic rings. The van der Waals surface area contributed by atoms with Crippen LogP contribution in [0, 0.1) is 23.6 Å². The molecule has 0 aromatic heterocycles. The highest BCUT2D eigenvalue weighted by Crippen LogP contribution is 2.38. The number of carboxylic acids is 1. The Hall–Kier alpha value is -3.50. The molecule has 0 amide bonds. The molecule has 0 radical (unpaired) electrons. The van der Waals surface area contributed by atoms with Crippen LogP contribution in [0.2, 0.25) is 0 Å². The third-order valence-electron chi connectivity index (χ3n) is 7.53. The van der Waals surface area contributed by atoms with Gasteiger partial charge in [0.25, 0.3) is 0 Å². The van der Waals surface area contributed by atoms with E-state index in [4.69, 9.17) is 9.47 Å². The summed E-state index contributed by atoms with van der Waals surface area (Å²) in [6.45, 7) is 6.77. The van der Waals surface area contributed by atoms with Gasteiger partial charge in [-0.2, -0.15) is 18.3 Å². The van der Waals surface area contributed by atoms with Gasteiger partial charge in [-0.15, -0.1) is 0 Å². The molecule has 218 valence electrons. The maximum atomic E-state index is 14.7. The molecule has 2 aliphatic rings. The van der Waals surface area contributed by atoms with Gasteiger partial charge in [0.1, 0.15) is 29.1 Å². The number of hydrazone groups is 1. The normalized spacial score (nSPS) is 23.4. The summed E-state index contributed by atoms with van der Waals surface area (Å²) in [5, 5.41) is 14.2. The molecule has 1 fully saturated rings. The van der Waals surface area contributed by atoms with Gasteiger partial charge < -0.3 is 19.5 Å². The van der Waals surface area contributed by atoms with E-state index in [1.165, 1.54) is 13.0 Å². The predicted octanol–water partition coefficient (Wildman–Crippen LogP) is 6.37. The highest BCUT2D eigenvalue weighted by Gasteiger charge is 2.48. The lowest BCUT2D eigenvalue weighted by Crippen LogP contribution is -2.46. The van der Waals surface area contributed by atoms with Gasteiger partial charge in [0, 0.05) is 37.4 Å². The van der Waals surface area contributed by atoms with Crippen molar-refractivity contribution in [1.29, 1.82) is 0 Å². The first-order valence-electron chi connectivity index (χ1n) is 13.4. The van der Waals surface area contributed by atoms with Crippen molar-refractivity contribution in [2.75, 3.05) is 30.1 Å². The summed E-state index contributed by atoms with van der Waals surface area (Å²) in [7, 11) is 1.54. The van der Waals surface area contributed by atoms with Crippen LogP contribution >= 0.6 is 0 Å². The average Bonchev–Trinajstić information content (AvgIpc) is 3.21. The van der Waals surface area contributed by atoms with Crippen molar-refractivity contribution in [1.82, 2.24) is 0 Å². The Morgan fingerprint density at radius 1 is 1.15 bits per heavy atom. The van der Waals surface area contributed by atoms with Crippen molar-refractivity contribution >= 4 is 23.1 Å². The van der Waals surface area contributed by atoms with E-state index in [2.05, 4.69) is 18.9 Å². The number of rotatable bonds is 9. The van der Waals surface area contributed by atoms with E-state index in [0.29, 0.717) is 48.3 Å². The van der Waals surface area contributed by atoms with E-state index in [1.54, 1.807) is 43.5 Å². The molecule has 2 aromatic carbocycles. The number of benzene rings is 2. The van der Waals surface area contributed by atoms with Crippen molar-refractivity contribution in [3.8, 4) is 11.5 Å². The van der Waals surface area contributed by atoms with Crippen molar-refractivity contribution in [3.05, 3.63) is 48.3 Å². The quantitative estimate of drug-likeness (QED) is 0.356. The second-order valence-electron chi connectivity index (χ2n) is 10.9. The number of nitrogens with zero attached hydrogens (tertiary/aromatic N) is 3. The molecule has 2 heterocycles. The molecule has 4 rings (SSSR count). The first-order chi connectivity index (χ1) is 18.9. The topological polar surface area (TPSA) is 74.6 Å². The summed E-state index contributed by atoms with van der Waals surface area (Å²) in [4.78, 5) is 13.4. The lowest BCUT2D eigenvalue weighted by atomic mass is 9.86. The van der Waals surface area contributed by atoms with Gasteiger partial charge in [0.15, 0.2) is 0 Å². The number of methoxy groups -OCH3 is 1. The van der Waals surface area contributed by atoms with Crippen molar-refractivity contribution < 1.29 is 36.9 Å². The van der Waals surface area contributed by atoms with E-state index in [9.17, 15) is 27.5 Å². The number of hydrogen-bond acceptors (Lipinski definition) is 6. The van der Waals surface area contributed by atoms with Crippen LogP contribution in [0.3, 0.4) is 0 Å². The smallest absolute Gasteiger partial charge is 0.431 e. The number of hydrogen-bond donors (Lipinski definition) is 1. The van der Waals surface area contributed by atoms with Crippen LogP contribution in [0.1, 0.15) is 40.0 Å². The Morgan fingerprint density at radius 3 is 2.42 bits per heavy atom. The molecule has 4 atom stereocenters. The first kappa shape index (κ1) is 29.5. The van der Waals surface area contributed by atoms with Crippen molar-refractivity contribution in [3.63, 3.8) is 0 Å². The van der Waals surface area contributed by atoms with E-state index < -0.39 is 36.2 Å². The fourth-order valence-corrected chi connectivity index (χ4v) is 5.61. The Labute approximate surface area is 231 Å². The summed E-state index contributed by atoms with van der Waals surface area (Å²) < 4.78 is 66.8. The fourth-order valence-electron chi connectivity index (χ4n) is 5.61. The minimum Gasteiger partial charge on any atom is -0.497 e. The van der Waals surface area contributed by atoms with Gasteiger partial charge in [0.05, 0.1) is 30.9 Å². The molecular weight excluding hydrogens is 530 g/mol. The van der Waals surface area contributed by atoms with Gasteiger partial charge in [-0.25, -0.2) is 4.39 Å². The lowest BCUT2D eigenvalue weighted by molar-refractivity contribution is -0.137. The zero-order valence-corrected chi connectivity index (χ0v) is 23.0. The summed E-state index contributed by atoms with van der Waals surface area (Å²) in [5.74, 6) is -0.978. The Kier molecular flexibility index (Phi) is 8.80. The molecular formula is C29H35F4N3O4. The van der Waals surface area contributed by atoms with E-state index >= 15 is 0 Å².